The molecule has 0 saturated heterocycles. The highest BCUT2D eigenvalue weighted by Crippen LogP contribution is 2.28. The minimum atomic E-state index is 0.158. The summed E-state index contributed by atoms with van der Waals surface area (Å²) in [5.41, 5.74) is 1.27. The number of fused-ring (bicyclic) bond motifs is 1. The molecule has 5 heteroatoms. The number of para-hydroxylation sites is 1. The van der Waals surface area contributed by atoms with Gasteiger partial charge < -0.3 is 15.4 Å². The zero-order valence-corrected chi connectivity index (χ0v) is 10.8. The quantitative estimate of drug-likeness (QED) is 0.875. The van der Waals surface area contributed by atoms with Crippen LogP contribution in [0.25, 0.3) is 0 Å². The summed E-state index contributed by atoms with van der Waals surface area (Å²) >= 11 is 0. The molecule has 2 heterocycles. The number of hydrogen-bond donors (Lipinski definition) is 2. The van der Waals surface area contributed by atoms with E-state index < -0.39 is 0 Å². The summed E-state index contributed by atoms with van der Waals surface area (Å²) in [6.07, 6.45) is 2.82. The highest BCUT2D eigenvalue weighted by Gasteiger charge is 2.21. The molecule has 19 heavy (non-hydrogen) atoms. The molecule has 2 aromatic rings. The van der Waals surface area contributed by atoms with Crippen LogP contribution in [0.4, 0.5) is 11.8 Å². The molecule has 1 unspecified atom stereocenters. The number of aromatic nitrogens is 2. The third-order valence-corrected chi connectivity index (χ3v) is 3.10. The van der Waals surface area contributed by atoms with E-state index in [4.69, 9.17) is 4.74 Å². The lowest BCUT2D eigenvalue weighted by molar-refractivity contribution is 0.246. The average molecular weight is 256 g/mol. The van der Waals surface area contributed by atoms with E-state index in [-0.39, 0.29) is 6.10 Å². The van der Waals surface area contributed by atoms with Crippen LogP contribution in [-0.2, 0) is 6.42 Å². The van der Waals surface area contributed by atoms with E-state index >= 15 is 0 Å². The van der Waals surface area contributed by atoms with Crippen molar-refractivity contribution in [2.45, 2.75) is 12.5 Å². The first-order chi connectivity index (χ1) is 9.35. The summed E-state index contributed by atoms with van der Waals surface area (Å²) in [4.78, 5) is 8.39. The van der Waals surface area contributed by atoms with Crippen LogP contribution < -0.4 is 15.4 Å². The molecule has 3 rings (SSSR count). The number of ether oxygens (including phenoxy) is 1. The van der Waals surface area contributed by atoms with Gasteiger partial charge in [-0.05, 0) is 17.7 Å². The fraction of sp³-hybridized carbons (Fsp3) is 0.286. The second kappa shape index (κ2) is 5.14. The van der Waals surface area contributed by atoms with E-state index in [0.717, 1.165) is 24.5 Å². The molecular weight excluding hydrogens is 240 g/mol. The normalized spacial score (nSPS) is 16.6. The van der Waals surface area contributed by atoms with Crippen molar-refractivity contribution < 1.29 is 4.74 Å². The van der Waals surface area contributed by atoms with E-state index in [1.165, 1.54) is 5.56 Å². The summed E-state index contributed by atoms with van der Waals surface area (Å²) in [6.45, 7) is 0.731. The zero-order valence-electron chi connectivity index (χ0n) is 10.8. The molecule has 1 aliphatic rings. The SMILES string of the molecule is CNc1nccc(NCC2Cc3ccccc3O2)n1. The second-order valence-electron chi connectivity index (χ2n) is 4.45. The summed E-state index contributed by atoms with van der Waals surface area (Å²) in [6, 6.07) is 10.0. The van der Waals surface area contributed by atoms with Gasteiger partial charge in [0.2, 0.25) is 5.95 Å². The van der Waals surface area contributed by atoms with Gasteiger partial charge in [0.1, 0.15) is 17.7 Å². The Bertz CT molecular complexity index is 548. The number of nitrogens with one attached hydrogen (secondary N) is 2. The van der Waals surface area contributed by atoms with Crippen molar-refractivity contribution in [2.24, 2.45) is 0 Å². The zero-order chi connectivity index (χ0) is 13.1. The van der Waals surface area contributed by atoms with Crippen molar-refractivity contribution in [3.8, 4) is 5.75 Å². The highest BCUT2D eigenvalue weighted by molar-refractivity contribution is 5.41. The molecule has 0 spiro atoms. The molecule has 1 aliphatic heterocycles. The van der Waals surface area contributed by atoms with E-state index in [0.29, 0.717) is 5.95 Å². The third kappa shape index (κ3) is 2.59. The number of nitrogens with zero attached hydrogens (tertiary/aromatic N) is 2. The van der Waals surface area contributed by atoms with Crippen LogP contribution in [0.2, 0.25) is 0 Å². The van der Waals surface area contributed by atoms with Crippen LogP contribution in [0.5, 0.6) is 5.75 Å². The molecular formula is C14H16N4O. The largest absolute Gasteiger partial charge is 0.488 e. The number of rotatable bonds is 4. The Morgan fingerprint density at radius 1 is 1.32 bits per heavy atom. The molecule has 1 aromatic heterocycles. The molecule has 5 nitrogen and oxygen atoms in total. The Balaban J connectivity index is 1.59. The lowest BCUT2D eigenvalue weighted by atomic mass is 10.1. The fourth-order valence-electron chi connectivity index (χ4n) is 2.16. The monoisotopic (exact) mass is 256 g/mol. The summed E-state index contributed by atoms with van der Waals surface area (Å²) in [7, 11) is 1.80. The van der Waals surface area contributed by atoms with Gasteiger partial charge in [-0.3, -0.25) is 0 Å². The highest BCUT2D eigenvalue weighted by atomic mass is 16.5. The first-order valence-electron chi connectivity index (χ1n) is 6.34. The lowest BCUT2D eigenvalue weighted by Gasteiger charge is -2.12. The van der Waals surface area contributed by atoms with E-state index in [1.54, 1.807) is 13.2 Å². The Morgan fingerprint density at radius 3 is 3.05 bits per heavy atom. The molecule has 2 N–H and O–H groups in total. The number of anilines is 2. The standard InChI is InChI=1S/C14H16N4O/c1-15-14-16-7-6-13(18-14)17-9-11-8-10-4-2-3-5-12(10)19-11/h2-7,11H,8-9H2,1H3,(H2,15,16,17,18). The van der Waals surface area contributed by atoms with Crippen molar-refractivity contribution in [3.05, 3.63) is 42.1 Å². The lowest BCUT2D eigenvalue weighted by Crippen LogP contribution is -2.24. The van der Waals surface area contributed by atoms with Crippen molar-refractivity contribution in [1.82, 2.24) is 9.97 Å². The van der Waals surface area contributed by atoms with E-state index in [1.807, 2.05) is 24.3 Å². The number of benzene rings is 1. The summed E-state index contributed by atoms with van der Waals surface area (Å²) in [5.74, 6) is 2.41. The molecule has 0 fully saturated rings. The molecule has 0 amide bonds. The van der Waals surface area contributed by atoms with Gasteiger partial charge >= 0.3 is 0 Å². The van der Waals surface area contributed by atoms with Crippen molar-refractivity contribution >= 4 is 11.8 Å². The predicted molar refractivity (Wildman–Crippen MR) is 74.6 cm³/mol. The molecule has 1 atom stereocenters. The maximum absolute atomic E-state index is 5.86. The number of hydrogen-bond acceptors (Lipinski definition) is 5. The first kappa shape index (κ1) is 11.8. The minimum Gasteiger partial charge on any atom is -0.488 e. The second-order valence-corrected chi connectivity index (χ2v) is 4.45. The first-order valence-corrected chi connectivity index (χ1v) is 6.34. The van der Waals surface area contributed by atoms with Crippen molar-refractivity contribution in [3.63, 3.8) is 0 Å². The van der Waals surface area contributed by atoms with Gasteiger partial charge in [-0.15, -0.1) is 0 Å². The van der Waals surface area contributed by atoms with Gasteiger partial charge in [-0.2, -0.15) is 4.98 Å². The third-order valence-electron chi connectivity index (χ3n) is 3.10. The van der Waals surface area contributed by atoms with Gasteiger partial charge in [0, 0.05) is 19.7 Å². The summed E-state index contributed by atoms with van der Waals surface area (Å²) < 4.78 is 5.86. The van der Waals surface area contributed by atoms with E-state index in [2.05, 4.69) is 26.7 Å². The van der Waals surface area contributed by atoms with Crippen molar-refractivity contribution in [2.75, 3.05) is 24.2 Å². The van der Waals surface area contributed by atoms with Gasteiger partial charge in [0.25, 0.3) is 0 Å². The van der Waals surface area contributed by atoms with Crippen molar-refractivity contribution in [1.29, 1.82) is 0 Å². The Morgan fingerprint density at radius 2 is 2.21 bits per heavy atom. The van der Waals surface area contributed by atoms with Gasteiger partial charge in [0.15, 0.2) is 0 Å². The Hall–Kier alpha value is -2.30. The van der Waals surface area contributed by atoms with E-state index in [9.17, 15) is 0 Å². The predicted octanol–water partition coefficient (Wildman–Crippen LogP) is 1.93. The molecule has 0 bridgehead atoms. The average Bonchev–Trinajstić information content (AvgIpc) is 2.88. The van der Waals surface area contributed by atoms with Crippen LogP contribution in [0.15, 0.2) is 36.5 Å². The Labute approximate surface area is 112 Å². The van der Waals surface area contributed by atoms with Gasteiger partial charge in [-0.1, -0.05) is 18.2 Å². The maximum Gasteiger partial charge on any atom is 0.224 e. The van der Waals surface area contributed by atoms with Gasteiger partial charge in [-0.25, -0.2) is 4.98 Å². The fourth-order valence-corrected chi connectivity index (χ4v) is 2.16. The molecule has 98 valence electrons. The van der Waals surface area contributed by atoms with Crippen LogP contribution in [0, 0.1) is 0 Å². The van der Waals surface area contributed by atoms with Crippen LogP contribution in [0.3, 0.4) is 0 Å². The maximum atomic E-state index is 5.86. The smallest absolute Gasteiger partial charge is 0.224 e. The van der Waals surface area contributed by atoms with Crippen LogP contribution >= 0.6 is 0 Å². The topological polar surface area (TPSA) is 59.1 Å². The van der Waals surface area contributed by atoms with Gasteiger partial charge in [0.05, 0.1) is 6.54 Å². The molecule has 0 aliphatic carbocycles. The van der Waals surface area contributed by atoms with Crippen LogP contribution in [-0.4, -0.2) is 29.7 Å². The Kier molecular flexibility index (Phi) is 3.18. The minimum absolute atomic E-state index is 0.158. The molecule has 0 saturated carbocycles. The molecule has 1 aromatic carbocycles. The van der Waals surface area contributed by atoms with Crippen LogP contribution in [0.1, 0.15) is 5.56 Å². The molecule has 0 radical (unpaired) electrons. The summed E-state index contributed by atoms with van der Waals surface area (Å²) in [5, 5.41) is 6.20.